The summed E-state index contributed by atoms with van der Waals surface area (Å²) in [6.07, 6.45) is 3.49. The number of hydrogen-bond donors (Lipinski definition) is 1. The van der Waals surface area contributed by atoms with Crippen LogP contribution >= 0.6 is 12.4 Å². The lowest BCUT2D eigenvalue weighted by Gasteiger charge is -2.22. The van der Waals surface area contributed by atoms with E-state index in [9.17, 15) is 4.39 Å². The predicted molar refractivity (Wildman–Crippen MR) is 83.6 cm³/mol. The van der Waals surface area contributed by atoms with Crippen molar-refractivity contribution in [2.75, 3.05) is 13.1 Å². The van der Waals surface area contributed by atoms with Gasteiger partial charge in [0.25, 0.3) is 0 Å². The minimum atomic E-state index is -0.236. The average molecular weight is 324 g/mol. The fourth-order valence-corrected chi connectivity index (χ4v) is 3.40. The van der Waals surface area contributed by atoms with Crippen LogP contribution in [0.5, 0.6) is 0 Å². The molecule has 1 aromatic heterocycles. The summed E-state index contributed by atoms with van der Waals surface area (Å²) in [5.74, 6) is 1.35. The lowest BCUT2D eigenvalue weighted by atomic mass is 9.92. The largest absolute Gasteiger partial charge is 0.339 e. The zero-order valence-corrected chi connectivity index (χ0v) is 13.3. The monoisotopic (exact) mass is 323 g/mol. The van der Waals surface area contributed by atoms with Crippen LogP contribution in [0.4, 0.5) is 4.39 Å². The third kappa shape index (κ3) is 2.52. The molecule has 0 amide bonds. The maximum Gasteiger partial charge on any atom is 0.230 e. The van der Waals surface area contributed by atoms with E-state index >= 15 is 0 Å². The molecule has 1 aromatic carbocycles. The number of halogens is 2. The molecule has 2 heterocycles. The van der Waals surface area contributed by atoms with Crippen molar-refractivity contribution in [1.82, 2.24) is 15.5 Å². The molecule has 1 spiro atoms. The van der Waals surface area contributed by atoms with E-state index in [1.165, 1.54) is 18.9 Å². The molecule has 2 fully saturated rings. The first-order valence-corrected chi connectivity index (χ1v) is 7.49. The van der Waals surface area contributed by atoms with Gasteiger partial charge in [-0.3, -0.25) is 0 Å². The van der Waals surface area contributed by atoms with Gasteiger partial charge in [-0.05, 0) is 56.3 Å². The zero-order chi connectivity index (χ0) is 14.4. The second-order valence-electron chi connectivity index (χ2n) is 6.29. The van der Waals surface area contributed by atoms with Crippen LogP contribution in [0, 0.1) is 18.2 Å². The molecule has 1 aliphatic heterocycles. The second-order valence-corrected chi connectivity index (χ2v) is 6.29. The molecule has 1 N–H and O–H groups in total. The predicted octanol–water partition coefficient (Wildman–Crippen LogP) is 3.46. The third-order valence-electron chi connectivity index (χ3n) is 4.96. The van der Waals surface area contributed by atoms with Gasteiger partial charge in [-0.1, -0.05) is 17.3 Å². The quantitative estimate of drug-likeness (QED) is 0.919. The molecular weight excluding hydrogens is 305 g/mol. The Labute approximate surface area is 134 Å². The smallest absolute Gasteiger partial charge is 0.230 e. The van der Waals surface area contributed by atoms with Gasteiger partial charge in [-0.2, -0.15) is 4.98 Å². The first-order valence-electron chi connectivity index (χ1n) is 7.49. The van der Waals surface area contributed by atoms with Crippen LogP contribution in [0.2, 0.25) is 0 Å². The number of aryl methyl sites for hydroxylation is 1. The van der Waals surface area contributed by atoms with Gasteiger partial charge in [0.2, 0.25) is 11.7 Å². The van der Waals surface area contributed by atoms with E-state index in [4.69, 9.17) is 4.52 Å². The van der Waals surface area contributed by atoms with Crippen molar-refractivity contribution in [3.05, 3.63) is 35.5 Å². The summed E-state index contributed by atoms with van der Waals surface area (Å²) in [5.41, 5.74) is 1.67. The molecule has 0 bridgehead atoms. The molecule has 2 aliphatic rings. The topological polar surface area (TPSA) is 51.0 Å². The van der Waals surface area contributed by atoms with Gasteiger partial charge in [0, 0.05) is 11.5 Å². The number of nitrogens with one attached hydrogen (secondary N) is 1. The van der Waals surface area contributed by atoms with E-state index in [-0.39, 0.29) is 18.2 Å². The van der Waals surface area contributed by atoms with Crippen molar-refractivity contribution in [2.45, 2.75) is 32.1 Å². The van der Waals surface area contributed by atoms with Crippen LogP contribution in [0.15, 0.2) is 22.7 Å². The molecule has 4 nitrogen and oxygen atoms in total. The van der Waals surface area contributed by atoms with E-state index < -0.39 is 0 Å². The maximum absolute atomic E-state index is 13.6. The molecule has 4 rings (SSSR count). The molecule has 6 heteroatoms. The Hall–Kier alpha value is -1.46. The zero-order valence-electron chi connectivity index (χ0n) is 12.4. The van der Waals surface area contributed by atoms with Gasteiger partial charge < -0.3 is 9.84 Å². The fourth-order valence-electron chi connectivity index (χ4n) is 3.40. The average Bonchev–Trinajstić information content (AvgIpc) is 2.98. The second kappa shape index (κ2) is 5.63. The van der Waals surface area contributed by atoms with E-state index in [1.54, 1.807) is 13.0 Å². The molecule has 22 heavy (non-hydrogen) atoms. The van der Waals surface area contributed by atoms with Crippen molar-refractivity contribution < 1.29 is 8.91 Å². The molecule has 1 unspecified atom stereocenters. The SMILES string of the molecule is Cc1ccc(-c2noc(C3CC34CCNCC4)n2)cc1F.Cl. The number of benzene rings is 1. The Morgan fingerprint density at radius 2 is 2.09 bits per heavy atom. The summed E-state index contributed by atoms with van der Waals surface area (Å²) in [4.78, 5) is 4.50. The Bertz CT molecular complexity index is 682. The molecule has 0 radical (unpaired) electrons. The van der Waals surface area contributed by atoms with Crippen molar-refractivity contribution in [3.8, 4) is 11.4 Å². The molecular formula is C16H19ClFN3O. The Kier molecular flexibility index (Phi) is 3.95. The highest BCUT2D eigenvalue weighted by Gasteiger charge is 2.57. The molecule has 2 aromatic rings. The highest BCUT2D eigenvalue weighted by atomic mass is 35.5. The number of piperidine rings is 1. The van der Waals surface area contributed by atoms with E-state index in [0.29, 0.717) is 34.2 Å². The highest BCUT2D eigenvalue weighted by molar-refractivity contribution is 5.85. The van der Waals surface area contributed by atoms with E-state index in [0.717, 1.165) is 19.5 Å². The van der Waals surface area contributed by atoms with Gasteiger partial charge in [-0.25, -0.2) is 4.39 Å². The van der Waals surface area contributed by atoms with Crippen LogP contribution in [0.25, 0.3) is 11.4 Å². The first kappa shape index (κ1) is 15.4. The van der Waals surface area contributed by atoms with Crippen LogP contribution < -0.4 is 5.32 Å². The summed E-state index contributed by atoms with van der Waals surface area (Å²) in [5, 5.41) is 7.41. The number of aromatic nitrogens is 2. The van der Waals surface area contributed by atoms with Gasteiger partial charge in [0.15, 0.2) is 0 Å². The summed E-state index contributed by atoms with van der Waals surface area (Å²) in [6, 6.07) is 5.05. The first-order chi connectivity index (χ1) is 10.2. The normalized spacial score (nSPS) is 22.4. The number of nitrogens with zero attached hydrogens (tertiary/aromatic N) is 2. The van der Waals surface area contributed by atoms with Gasteiger partial charge >= 0.3 is 0 Å². The number of hydrogen-bond acceptors (Lipinski definition) is 4. The van der Waals surface area contributed by atoms with Crippen molar-refractivity contribution in [2.24, 2.45) is 5.41 Å². The van der Waals surface area contributed by atoms with Gasteiger partial charge in [-0.15, -0.1) is 12.4 Å². The molecule has 118 valence electrons. The standard InChI is InChI=1S/C16H18FN3O.ClH/c1-10-2-3-11(8-13(10)17)14-19-15(21-20-14)12-9-16(12)4-6-18-7-5-16;/h2-3,8,12,18H,4-7,9H2,1H3;1H. The fraction of sp³-hybridized carbons (Fsp3) is 0.500. The summed E-state index contributed by atoms with van der Waals surface area (Å²) < 4.78 is 19.1. The van der Waals surface area contributed by atoms with Gasteiger partial charge in [0.05, 0.1) is 0 Å². The number of rotatable bonds is 2. The minimum Gasteiger partial charge on any atom is -0.339 e. The van der Waals surface area contributed by atoms with Crippen LogP contribution in [-0.4, -0.2) is 23.2 Å². The third-order valence-corrected chi connectivity index (χ3v) is 4.96. The summed E-state index contributed by atoms with van der Waals surface area (Å²) in [6.45, 7) is 3.88. The minimum absolute atomic E-state index is 0. The molecule has 1 atom stereocenters. The van der Waals surface area contributed by atoms with Crippen molar-refractivity contribution in [1.29, 1.82) is 0 Å². The van der Waals surface area contributed by atoms with Crippen LogP contribution in [0.1, 0.15) is 36.6 Å². The lowest BCUT2D eigenvalue weighted by molar-refractivity contribution is 0.311. The lowest BCUT2D eigenvalue weighted by Crippen LogP contribution is -2.29. The highest BCUT2D eigenvalue weighted by Crippen LogP contribution is 2.63. The Morgan fingerprint density at radius 3 is 2.82 bits per heavy atom. The van der Waals surface area contributed by atoms with Gasteiger partial charge in [0.1, 0.15) is 5.82 Å². The van der Waals surface area contributed by atoms with E-state index in [1.807, 2.05) is 6.07 Å². The van der Waals surface area contributed by atoms with Crippen LogP contribution in [0.3, 0.4) is 0 Å². The molecule has 1 saturated carbocycles. The Morgan fingerprint density at radius 1 is 1.32 bits per heavy atom. The molecule has 1 aliphatic carbocycles. The summed E-state index contributed by atoms with van der Waals surface area (Å²) in [7, 11) is 0. The van der Waals surface area contributed by atoms with Crippen molar-refractivity contribution >= 4 is 12.4 Å². The maximum atomic E-state index is 13.6. The van der Waals surface area contributed by atoms with E-state index in [2.05, 4.69) is 15.5 Å². The molecule has 1 saturated heterocycles. The van der Waals surface area contributed by atoms with Crippen molar-refractivity contribution in [3.63, 3.8) is 0 Å². The summed E-state index contributed by atoms with van der Waals surface area (Å²) >= 11 is 0. The van der Waals surface area contributed by atoms with Crippen LogP contribution in [-0.2, 0) is 0 Å². The Balaban J connectivity index is 0.00000144.